The first-order valence-electron chi connectivity index (χ1n) is 1.24. The minimum atomic E-state index is -2.92. The summed E-state index contributed by atoms with van der Waals surface area (Å²) in [4.78, 5) is 0. The molecule has 0 unspecified atom stereocenters. The van der Waals surface area contributed by atoms with E-state index in [9.17, 15) is 8.78 Å². The molecule has 44 valence electrons. The molecule has 0 aromatic heterocycles. The smallest absolute Gasteiger partial charge is 0.907 e. The largest absolute Gasteiger partial charge is 1.00 e. The van der Waals surface area contributed by atoms with E-state index in [2.05, 4.69) is 0 Å². The molecule has 0 aromatic carbocycles. The Labute approximate surface area is 94.3 Å². The maximum Gasteiger partial charge on any atom is 1.00 e. The van der Waals surface area contributed by atoms with Crippen LogP contribution in [0.2, 0.25) is 0 Å². The molecule has 0 bridgehead atoms. The van der Waals surface area contributed by atoms with E-state index in [0.717, 1.165) is 0 Å². The molecule has 0 atom stereocenters. The Morgan fingerprint density at radius 1 is 0.900 bits per heavy atom. The van der Waals surface area contributed by atoms with Crippen molar-refractivity contribution in [1.82, 2.24) is 0 Å². The van der Waals surface area contributed by atoms with Crippen molar-refractivity contribution in [1.29, 1.82) is 0 Å². The van der Waals surface area contributed by atoms with Crippen molar-refractivity contribution in [3.63, 3.8) is 0 Å². The normalized spacial score (nSPS) is 4.50. The van der Waals surface area contributed by atoms with Gasteiger partial charge < -0.3 is 15.1 Å². The van der Waals surface area contributed by atoms with Gasteiger partial charge in [0.25, 0.3) is 0 Å². The van der Waals surface area contributed by atoms with Crippen LogP contribution < -0.4 is 71.7 Å². The zero-order valence-electron chi connectivity index (χ0n) is 6.27. The SMILES string of the molecule is FCF.[Li+].[Li+].[Li+].[O-]B([O-])[O-]. The summed E-state index contributed by atoms with van der Waals surface area (Å²) in [7, 11) is -2.92. The van der Waals surface area contributed by atoms with Crippen LogP contribution in [0.5, 0.6) is 0 Å². The fourth-order valence-electron chi connectivity index (χ4n) is 0. The molecule has 0 fully saturated rings. The first-order chi connectivity index (χ1) is 3.15. The molecular formula is CH2BF2Li3O3. The number of rotatable bonds is 0. The summed E-state index contributed by atoms with van der Waals surface area (Å²) in [6.07, 6.45) is 0. The van der Waals surface area contributed by atoms with Crippen LogP contribution in [0.15, 0.2) is 0 Å². The summed E-state index contributed by atoms with van der Waals surface area (Å²) in [6, 6.07) is 0. The number of hydrogen-bond acceptors (Lipinski definition) is 3. The van der Waals surface area contributed by atoms with Crippen molar-refractivity contribution in [2.45, 2.75) is 0 Å². The first-order valence-corrected chi connectivity index (χ1v) is 1.24. The molecule has 0 saturated carbocycles. The molecule has 0 aliphatic heterocycles. The van der Waals surface area contributed by atoms with Crippen molar-refractivity contribution < 1.29 is 80.4 Å². The topological polar surface area (TPSA) is 69.2 Å². The molecule has 10 heavy (non-hydrogen) atoms. The summed E-state index contributed by atoms with van der Waals surface area (Å²) in [6.45, 7) is -1.75. The molecule has 0 radical (unpaired) electrons. The number of halogens is 2. The minimum Gasteiger partial charge on any atom is -0.907 e. The number of alkyl halides is 2. The third-order valence-corrected chi connectivity index (χ3v) is 0. The molecule has 0 rings (SSSR count). The van der Waals surface area contributed by atoms with Crippen LogP contribution in [0.4, 0.5) is 8.78 Å². The molecule has 0 heterocycles. The Hall–Kier alpha value is 1.60. The van der Waals surface area contributed by atoms with Crippen molar-refractivity contribution in [2.75, 3.05) is 6.93 Å². The predicted octanol–water partition coefficient (Wildman–Crippen LogP) is -12.1. The van der Waals surface area contributed by atoms with Gasteiger partial charge in [0.15, 0.2) is 0 Å². The molecule has 0 aliphatic carbocycles. The second-order valence-corrected chi connectivity index (χ2v) is 0.390. The maximum absolute atomic E-state index is 9.62. The summed E-state index contributed by atoms with van der Waals surface area (Å²) >= 11 is 0. The van der Waals surface area contributed by atoms with Crippen LogP contribution in [0.1, 0.15) is 0 Å². The average molecular weight is 132 g/mol. The molecular weight excluding hydrogens is 130 g/mol. The van der Waals surface area contributed by atoms with Crippen molar-refractivity contribution >= 4 is 7.32 Å². The number of hydrogen-bond donors (Lipinski definition) is 0. The second kappa shape index (κ2) is 31.2. The van der Waals surface area contributed by atoms with Gasteiger partial charge in [0.2, 0.25) is 6.93 Å². The predicted molar refractivity (Wildman–Crippen MR) is 12.8 cm³/mol. The third kappa shape index (κ3) is 278. The Balaban J connectivity index is -0.0000000131. The summed E-state index contributed by atoms with van der Waals surface area (Å²) in [5.74, 6) is 0. The zero-order valence-corrected chi connectivity index (χ0v) is 6.27. The van der Waals surface area contributed by atoms with Gasteiger partial charge in [0, 0.05) is 0 Å². The summed E-state index contributed by atoms with van der Waals surface area (Å²) in [5.41, 5.74) is 0. The van der Waals surface area contributed by atoms with Gasteiger partial charge in [-0.1, -0.05) is 0 Å². The van der Waals surface area contributed by atoms with Crippen molar-refractivity contribution in [3.8, 4) is 0 Å². The quantitative estimate of drug-likeness (QED) is 0.307. The fraction of sp³-hybridized carbons (Fsp3) is 1.00. The Bertz CT molecular complexity index is 33.0. The van der Waals surface area contributed by atoms with Crippen LogP contribution in [0.3, 0.4) is 0 Å². The Morgan fingerprint density at radius 2 is 0.900 bits per heavy atom. The molecule has 3 nitrogen and oxygen atoms in total. The monoisotopic (exact) mass is 132 g/mol. The Kier molecular flexibility index (Phi) is 93.2. The standard InChI is InChI=1S/CH2F2.BO3.3Li/c2-1-3;2-1(3)4;;;/h1H2;;;;/q;-3;3*+1. The van der Waals surface area contributed by atoms with Crippen molar-refractivity contribution in [2.24, 2.45) is 0 Å². The third-order valence-electron chi connectivity index (χ3n) is 0. The maximum atomic E-state index is 9.62. The second-order valence-electron chi connectivity index (χ2n) is 0.390. The first kappa shape index (κ1) is 29.9. The van der Waals surface area contributed by atoms with Gasteiger partial charge in [-0.05, 0) is 0 Å². The van der Waals surface area contributed by atoms with E-state index in [0.29, 0.717) is 0 Å². The van der Waals surface area contributed by atoms with E-state index >= 15 is 0 Å². The van der Waals surface area contributed by atoms with Gasteiger partial charge in [-0.15, -0.1) is 0 Å². The zero-order chi connectivity index (χ0) is 6.28. The van der Waals surface area contributed by atoms with Gasteiger partial charge in [-0.25, -0.2) is 8.78 Å². The van der Waals surface area contributed by atoms with Crippen LogP contribution in [0.25, 0.3) is 0 Å². The minimum absolute atomic E-state index is 0. The van der Waals surface area contributed by atoms with Gasteiger partial charge in [-0.3, -0.25) is 7.32 Å². The Morgan fingerprint density at radius 3 is 0.900 bits per heavy atom. The van der Waals surface area contributed by atoms with Gasteiger partial charge in [-0.2, -0.15) is 0 Å². The fourth-order valence-corrected chi connectivity index (χ4v) is 0. The molecule has 0 aromatic rings. The van der Waals surface area contributed by atoms with E-state index in [1.807, 2.05) is 0 Å². The molecule has 0 spiro atoms. The van der Waals surface area contributed by atoms with Crippen LogP contribution in [0, 0.1) is 0 Å². The van der Waals surface area contributed by atoms with Gasteiger partial charge in [0.1, 0.15) is 0 Å². The van der Waals surface area contributed by atoms with E-state index in [4.69, 9.17) is 15.1 Å². The summed E-state index contributed by atoms with van der Waals surface area (Å²) < 4.78 is 19.2. The molecule has 0 aliphatic rings. The van der Waals surface area contributed by atoms with Gasteiger partial charge >= 0.3 is 56.6 Å². The van der Waals surface area contributed by atoms with E-state index in [-0.39, 0.29) is 56.6 Å². The van der Waals surface area contributed by atoms with E-state index in [1.54, 1.807) is 0 Å². The molecule has 0 amide bonds. The van der Waals surface area contributed by atoms with E-state index < -0.39 is 14.2 Å². The van der Waals surface area contributed by atoms with Crippen LogP contribution in [-0.2, 0) is 0 Å². The van der Waals surface area contributed by atoms with Gasteiger partial charge in [0.05, 0.1) is 0 Å². The van der Waals surface area contributed by atoms with Crippen LogP contribution >= 0.6 is 0 Å². The van der Waals surface area contributed by atoms with E-state index in [1.165, 1.54) is 0 Å². The van der Waals surface area contributed by atoms with Crippen molar-refractivity contribution in [3.05, 3.63) is 0 Å². The average Bonchev–Trinajstić information content (AvgIpc) is 1.33. The molecule has 0 N–H and O–H groups in total. The molecule has 9 heteroatoms. The summed E-state index contributed by atoms with van der Waals surface area (Å²) in [5, 5.41) is 25.2. The van der Waals surface area contributed by atoms with Crippen LogP contribution in [-0.4, -0.2) is 14.2 Å². The molecule has 0 saturated heterocycles.